The summed E-state index contributed by atoms with van der Waals surface area (Å²) < 4.78 is 1.79. The van der Waals surface area contributed by atoms with E-state index in [4.69, 9.17) is 0 Å². The van der Waals surface area contributed by atoms with Gasteiger partial charge in [0.25, 0.3) is 5.91 Å². The van der Waals surface area contributed by atoms with E-state index in [2.05, 4.69) is 12.0 Å². The SMILES string of the molecule is CC1CCCN(C(=O)c2nn(C)c3ccccc23)C1. The standard InChI is InChI=1S/C15H19N3O/c1-11-6-5-9-18(10-11)15(19)14-12-7-3-4-8-13(12)17(2)16-14/h3-4,7-8,11H,5-6,9-10H2,1-2H3. The molecular weight excluding hydrogens is 238 g/mol. The molecule has 4 nitrogen and oxygen atoms in total. The molecule has 0 aliphatic carbocycles. The smallest absolute Gasteiger partial charge is 0.275 e. The second-order valence-electron chi connectivity index (χ2n) is 5.49. The van der Waals surface area contributed by atoms with Crippen LogP contribution in [0.1, 0.15) is 30.3 Å². The number of nitrogens with zero attached hydrogens (tertiary/aromatic N) is 3. The molecule has 1 saturated heterocycles. The first-order valence-electron chi connectivity index (χ1n) is 6.88. The minimum absolute atomic E-state index is 0.0725. The summed E-state index contributed by atoms with van der Waals surface area (Å²) >= 11 is 0. The summed E-state index contributed by atoms with van der Waals surface area (Å²) in [4.78, 5) is 14.6. The topological polar surface area (TPSA) is 38.1 Å². The van der Waals surface area contributed by atoms with E-state index in [1.54, 1.807) is 4.68 Å². The number of piperidine rings is 1. The number of fused-ring (bicyclic) bond motifs is 1. The lowest BCUT2D eigenvalue weighted by Gasteiger charge is -2.30. The molecule has 3 rings (SSSR count). The Morgan fingerprint density at radius 1 is 1.37 bits per heavy atom. The summed E-state index contributed by atoms with van der Waals surface area (Å²) in [6, 6.07) is 7.90. The minimum atomic E-state index is 0.0725. The monoisotopic (exact) mass is 257 g/mol. The van der Waals surface area contributed by atoms with Gasteiger partial charge < -0.3 is 4.90 Å². The van der Waals surface area contributed by atoms with Crippen LogP contribution in [-0.4, -0.2) is 33.7 Å². The van der Waals surface area contributed by atoms with Gasteiger partial charge in [-0.25, -0.2) is 0 Å². The number of amides is 1. The lowest BCUT2D eigenvalue weighted by Crippen LogP contribution is -2.39. The second-order valence-corrected chi connectivity index (χ2v) is 5.49. The van der Waals surface area contributed by atoms with Crippen LogP contribution in [0.5, 0.6) is 0 Å². The highest BCUT2D eigenvalue weighted by molar-refractivity contribution is 6.04. The number of benzene rings is 1. The van der Waals surface area contributed by atoms with E-state index in [0.29, 0.717) is 11.6 Å². The molecule has 4 heteroatoms. The van der Waals surface area contributed by atoms with Crippen molar-refractivity contribution < 1.29 is 4.79 Å². The molecule has 1 aliphatic heterocycles. The molecule has 1 amide bonds. The van der Waals surface area contributed by atoms with Gasteiger partial charge in [0.05, 0.1) is 5.52 Å². The fourth-order valence-electron chi connectivity index (χ4n) is 2.90. The highest BCUT2D eigenvalue weighted by Gasteiger charge is 2.25. The fraction of sp³-hybridized carbons (Fsp3) is 0.467. The third kappa shape index (κ3) is 2.11. The van der Waals surface area contributed by atoms with Crippen molar-refractivity contribution in [3.05, 3.63) is 30.0 Å². The Morgan fingerprint density at radius 3 is 2.95 bits per heavy atom. The van der Waals surface area contributed by atoms with Crippen molar-refractivity contribution in [3.8, 4) is 0 Å². The van der Waals surface area contributed by atoms with Gasteiger partial charge in [-0.2, -0.15) is 5.10 Å². The molecule has 19 heavy (non-hydrogen) atoms. The number of likely N-dealkylation sites (tertiary alicyclic amines) is 1. The maximum Gasteiger partial charge on any atom is 0.275 e. The van der Waals surface area contributed by atoms with Crippen molar-refractivity contribution in [1.82, 2.24) is 14.7 Å². The van der Waals surface area contributed by atoms with Crippen LogP contribution in [0.4, 0.5) is 0 Å². The minimum Gasteiger partial charge on any atom is -0.337 e. The largest absolute Gasteiger partial charge is 0.337 e. The molecule has 0 N–H and O–H groups in total. The Kier molecular flexibility index (Phi) is 3.01. The highest BCUT2D eigenvalue weighted by Crippen LogP contribution is 2.22. The Labute approximate surface area is 113 Å². The molecule has 1 aliphatic rings. The fourth-order valence-corrected chi connectivity index (χ4v) is 2.90. The molecular formula is C15H19N3O. The first-order chi connectivity index (χ1) is 9.16. The summed E-state index contributed by atoms with van der Waals surface area (Å²) in [6.07, 6.45) is 2.31. The van der Waals surface area contributed by atoms with Crippen molar-refractivity contribution >= 4 is 16.8 Å². The third-order valence-electron chi connectivity index (χ3n) is 3.90. The van der Waals surface area contributed by atoms with Crippen molar-refractivity contribution in [3.63, 3.8) is 0 Å². The van der Waals surface area contributed by atoms with Gasteiger partial charge in [0, 0.05) is 25.5 Å². The summed E-state index contributed by atoms with van der Waals surface area (Å²) in [7, 11) is 1.89. The molecule has 1 aromatic carbocycles. The van der Waals surface area contributed by atoms with E-state index in [-0.39, 0.29) is 5.91 Å². The Morgan fingerprint density at radius 2 is 2.16 bits per heavy atom. The average Bonchev–Trinajstić information content (AvgIpc) is 2.76. The summed E-state index contributed by atoms with van der Waals surface area (Å²) in [6.45, 7) is 3.91. The maximum atomic E-state index is 12.6. The van der Waals surface area contributed by atoms with Crippen LogP contribution in [0, 0.1) is 5.92 Å². The predicted molar refractivity (Wildman–Crippen MR) is 75.0 cm³/mol. The molecule has 1 atom stereocenters. The van der Waals surface area contributed by atoms with Crippen molar-refractivity contribution in [2.75, 3.05) is 13.1 Å². The van der Waals surface area contributed by atoms with Gasteiger partial charge in [0.1, 0.15) is 0 Å². The van der Waals surface area contributed by atoms with Crippen molar-refractivity contribution in [2.24, 2.45) is 13.0 Å². The number of hydrogen-bond acceptors (Lipinski definition) is 2. The van der Waals surface area contributed by atoms with E-state index in [9.17, 15) is 4.79 Å². The van der Waals surface area contributed by atoms with Gasteiger partial charge in [-0.15, -0.1) is 0 Å². The number of carbonyl (C=O) groups excluding carboxylic acids is 1. The molecule has 1 fully saturated rings. The number of hydrogen-bond donors (Lipinski definition) is 0. The molecule has 2 aromatic rings. The average molecular weight is 257 g/mol. The van der Waals surface area contributed by atoms with E-state index >= 15 is 0 Å². The van der Waals surface area contributed by atoms with Crippen LogP contribution < -0.4 is 0 Å². The van der Waals surface area contributed by atoms with Gasteiger partial charge >= 0.3 is 0 Å². The van der Waals surface area contributed by atoms with Gasteiger partial charge in [0.2, 0.25) is 0 Å². The number of aryl methyl sites for hydroxylation is 1. The highest BCUT2D eigenvalue weighted by atomic mass is 16.2. The van der Waals surface area contributed by atoms with Gasteiger partial charge in [-0.05, 0) is 24.8 Å². The van der Waals surface area contributed by atoms with Crippen LogP contribution in [0.2, 0.25) is 0 Å². The lowest BCUT2D eigenvalue weighted by molar-refractivity contribution is 0.0678. The molecule has 0 bridgehead atoms. The zero-order chi connectivity index (χ0) is 13.4. The van der Waals surface area contributed by atoms with E-state index in [1.807, 2.05) is 36.2 Å². The van der Waals surface area contributed by atoms with Gasteiger partial charge in [-0.3, -0.25) is 9.48 Å². The zero-order valence-electron chi connectivity index (χ0n) is 11.5. The number of para-hydroxylation sites is 1. The molecule has 0 radical (unpaired) electrons. The Bertz CT molecular complexity index is 617. The van der Waals surface area contributed by atoms with Crippen molar-refractivity contribution in [1.29, 1.82) is 0 Å². The van der Waals surface area contributed by atoms with Crippen LogP contribution in [0.25, 0.3) is 10.9 Å². The van der Waals surface area contributed by atoms with Crippen LogP contribution >= 0.6 is 0 Å². The lowest BCUT2D eigenvalue weighted by atomic mass is 10.00. The third-order valence-corrected chi connectivity index (χ3v) is 3.90. The molecule has 0 spiro atoms. The maximum absolute atomic E-state index is 12.6. The molecule has 1 unspecified atom stereocenters. The summed E-state index contributed by atoms with van der Waals surface area (Å²) in [5.74, 6) is 0.663. The molecule has 100 valence electrons. The number of aromatic nitrogens is 2. The van der Waals surface area contributed by atoms with Gasteiger partial charge in [-0.1, -0.05) is 25.1 Å². The summed E-state index contributed by atoms with van der Waals surface area (Å²) in [5.41, 5.74) is 1.60. The normalized spacial score (nSPS) is 19.9. The quantitative estimate of drug-likeness (QED) is 0.787. The zero-order valence-corrected chi connectivity index (χ0v) is 11.5. The Balaban J connectivity index is 1.97. The molecule has 1 aromatic heterocycles. The predicted octanol–water partition coefficient (Wildman–Crippen LogP) is 2.45. The molecule has 2 heterocycles. The number of carbonyl (C=O) groups is 1. The van der Waals surface area contributed by atoms with Crippen LogP contribution in [0.15, 0.2) is 24.3 Å². The van der Waals surface area contributed by atoms with E-state index < -0.39 is 0 Å². The van der Waals surface area contributed by atoms with Crippen LogP contribution in [0.3, 0.4) is 0 Å². The summed E-state index contributed by atoms with van der Waals surface area (Å²) in [5, 5.41) is 5.37. The van der Waals surface area contributed by atoms with Gasteiger partial charge in [0.15, 0.2) is 5.69 Å². The first-order valence-corrected chi connectivity index (χ1v) is 6.88. The first kappa shape index (κ1) is 12.2. The van der Waals surface area contributed by atoms with Crippen LogP contribution in [-0.2, 0) is 7.05 Å². The molecule has 0 saturated carbocycles. The van der Waals surface area contributed by atoms with E-state index in [1.165, 1.54) is 6.42 Å². The van der Waals surface area contributed by atoms with Crippen molar-refractivity contribution in [2.45, 2.75) is 19.8 Å². The Hall–Kier alpha value is -1.84. The second kappa shape index (κ2) is 4.68. The number of rotatable bonds is 1. The van der Waals surface area contributed by atoms with E-state index in [0.717, 1.165) is 30.4 Å².